The van der Waals surface area contributed by atoms with E-state index in [9.17, 15) is 14.3 Å². The Labute approximate surface area is 387 Å². The van der Waals surface area contributed by atoms with Gasteiger partial charge in [0.05, 0.1) is 34.4 Å². The number of phosphoric acid groups is 1. The number of carbonyl (C=O) groups is 1. The van der Waals surface area contributed by atoms with Gasteiger partial charge in [-0.1, -0.05) is 258 Å². The van der Waals surface area contributed by atoms with E-state index >= 15 is 0 Å². The number of quaternary nitrogens is 1. The van der Waals surface area contributed by atoms with Gasteiger partial charge < -0.3 is 27.9 Å². The lowest BCUT2D eigenvalue weighted by Gasteiger charge is -2.28. The second-order valence-corrected chi connectivity index (χ2v) is 21.4. The van der Waals surface area contributed by atoms with Gasteiger partial charge in [-0.25, -0.2) is 0 Å². The molecule has 372 valence electrons. The van der Waals surface area contributed by atoms with Gasteiger partial charge in [0.1, 0.15) is 19.3 Å². The molecule has 0 spiro atoms. The fraction of sp³-hybridized carbons (Fsp3) is 0.981. The molecule has 0 aliphatic rings. The molecule has 0 fully saturated rings. The highest BCUT2D eigenvalue weighted by Crippen LogP contribution is 2.38. The first kappa shape index (κ1) is 61.5. The first-order valence-corrected chi connectivity index (χ1v) is 28.7. The Morgan fingerprint density at radius 1 is 0.435 bits per heavy atom. The van der Waals surface area contributed by atoms with Crippen molar-refractivity contribution in [3.63, 3.8) is 0 Å². The molecule has 2 unspecified atom stereocenters. The lowest BCUT2D eigenvalue weighted by molar-refractivity contribution is -0.870. The Hall–Kier alpha value is -0.500. The molecule has 0 N–H and O–H groups in total. The van der Waals surface area contributed by atoms with Crippen LogP contribution in [0.1, 0.15) is 277 Å². The van der Waals surface area contributed by atoms with Crippen LogP contribution in [0.15, 0.2) is 0 Å². The monoisotopic (exact) mass is 902 g/mol. The number of esters is 1. The second kappa shape index (κ2) is 47.0. The molecule has 0 aromatic carbocycles. The van der Waals surface area contributed by atoms with Crippen LogP contribution in [-0.4, -0.2) is 70.7 Å². The Morgan fingerprint density at radius 3 is 1.06 bits per heavy atom. The van der Waals surface area contributed by atoms with E-state index in [0.717, 1.165) is 32.1 Å². The van der Waals surface area contributed by atoms with Crippen LogP contribution in [0.25, 0.3) is 0 Å². The van der Waals surface area contributed by atoms with Gasteiger partial charge in [0, 0.05) is 13.0 Å². The van der Waals surface area contributed by atoms with Crippen LogP contribution in [0.2, 0.25) is 0 Å². The van der Waals surface area contributed by atoms with E-state index in [2.05, 4.69) is 13.8 Å². The average molecular weight is 902 g/mol. The maximum absolute atomic E-state index is 12.7. The second-order valence-electron chi connectivity index (χ2n) is 20.0. The van der Waals surface area contributed by atoms with Gasteiger partial charge in [-0.05, 0) is 12.8 Å². The molecule has 0 radical (unpaired) electrons. The van der Waals surface area contributed by atoms with E-state index in [4.69, 9.17) is 18.5 Å². The number of hydrogen-bond acceptors (Lipinski definition) is 7. The van der Waals surface area contributed by atoms with E-state index in [0.29, 0.717) is 24.1 Å². The van der Waals surface area contributed by atoms with Crippen molar-refractivity contribution >= 4 is 13.8 Å². The fourth-order valence-electron chi connectivity index (χ4n) is 8.20. The summed E-state index contributed by atoms with van der Waals surface area (Å²) in [6.07, 6.45) is 52.8. The van der Waals surface area contributed by atoms with E-state index in [-0.39, 0.29) is 25.8 Å². The summed E-state index contributed by atoms with van der Waals surface area (Å²) < 4.78 is 34.8. The molecule has 62 heavy (non-hydrogen) atoms. The Kier molecular flexibility index (Phi) is 46.6. The predicted molar refractivity (Wildman–Crippen MR) is 264 cm³/mol. The molecule has 0 aliphatic heterocycles. The number of nitrogens with zero attached hydrogens (tertiary/aromatic N) is 1. The molecular weight excluding hydrogens is 794 g/mol. The van der Waals surface area contributed by atoms with E-state index in [1.54, 1.807) is 0 Å². The number of ether oxygens (including phenoxy) is 2. The topological polar surface area (TPSA) is 94.1 Å². The number of hydrogen-bond donors (Lipinski definition) is 0. The highest BCUT2D eigenvalue weighted by Gasteiger charge is 2.20. The van der Waals surface area contributed by atoms with Crippen molar-refractivity contribution in [1.82, 2.24) is 0 Å². The lowest BCUT2D eigenvalue weighted by Crippen LogP contribution is -2.37. The third kappa shape index (κ3) is 50.5. The maximum atomic E-state index is 12.7. The van der Waals surface area contributed by atoms with Crippen LogP contribution < -0.4 is 4.89 Å². The normalized spacial score (nSPS) is 13.5. The molecule has 0 saturated heterocycles. The van der Waals surface area contributed by atoms with E-state index in [1.807, 2.05) is 21.1 Å². The summed E-state index contributed by atoms with van der Waals surface area (Å²) in [5.41, 5.74) is 0. The smallest absolute Gasteiger partial charge is 0.306 e. The van der Waals surface area contributed by atoms with Crippen molar-refractivity contribution in [1.29, 1.82) is 0 Å². The van der Waals surface area contributed by atoms with Gasteiger partial charge in [-0.2, -0.15) is 0 Å². The van der Waals surface area contributed by atoms with Crippen LogP contribution in [-0.2, 0) is 27.9 Å². The SMILES string of the molecule is CCCCCCCCCCCCCCCCCCCCCCCCCOCC(COP(=O)([O-])OCC[N+](C)(C)C)OC(=O)CCCCCCCCCCCCCCCCCCC. The zero-order valence-electron chi connectivity index (χ0n) is 42.4. The molecule has 9 heteroatoms. The van der Waals surface area contributed by atoms with Crippen molar-refractivity contribution in [3.8, 4) is 0 Å². The van der Waals surface area contributed by atoms with Crippen molar-refractivity contribution in [2.24, 2.45) is 0 Å². The minimum atomic E-state index is -4.52. The van der Waals surface area contributed by atoms with E-state index in [1.165, 1.54) is 225 Å². The zero-order valence-corrected chi connectivity index (χ0v) is 43.3. The summed E-state index contributed by atoms with van der Waals surface area (Å²) in [4.78, 5) is 25.2. The van der Waals surface area contributed by atoms with E-state index < -0.39 is 13.9 Å². The third-order valence-corrected chi connectivity index (χ3v) is 13.4. The number of unbranched alkanes of at least 4 members (excludes halogenated alkanes) is 38. The van der Waals surface area contributed by atoms with Crippen molar-refractivity contribution in [2.75, 3.05) is 54.1 Å². The van der Waals surface area contributed by atoms with Crippen LogP contribution in [0.5, 0.6) is 0 Å². The number of carbonyl (C=O) groups excluding carboxylic acids is 1. The number of likely N-dealkylation sites (N-methyl/N-ethyl adjacent to an activating group) is 1. The Morgan fingerprint density at radius 2 is 0.742 bits per heavy atom. The molecule has 0 aliphatic carbocycles. The summed E-state index contributed by atoms with van der Waals surface area (Å²) in [7, 11) is 1.38. The summed E-state index contributed by atoms with van der Waals surface area (Å²) in [5.74, 6) is -0.325. The lowest BCUT2D eigenvalue weighted by atomic mass is 10.0. The largest absolute Gasteiger partial charge is 0.756 e. The van der Waals surface area contributed by atoms with Crippen molar-refractivity contribution in [2.45, 2.75) is 283 Å². The third-order valence-electron chi connectivity index (χ3n) is 12.4. The highest BCUT2D eigenvalue weighted by atomic mass is 31.2. The standard InChI is InChI=1S/C53H108NO7P/c1-6-8-10-12-14-16-18-20-22-24-25-26-27-28-29-31-33-35-37-39-41-43-45-48-58-50-52(51-60-62(56,57)59-49-47-54(3,4)5)61-53(55)46-44-42-40-38-36-34-32-30-23-21-19-17-15-13-11-9-7-2/h52H,6-51H2,1-5H3. The van der Waals surface area contributed by atoms with Crippen LogP contribution >= 0.6 is 7.82 Å². The van der Waals surface area contributed by atoms with Gasteiger partial charge in [0.2, 0.25) is 0 Å². The quantitative estimate of drug-likeness (QED) is 0.0260. The average Bonchev–Trinajstić information content (AvgIpc) is 3.23. The first-order chi connectivity index (χ1) is 30.1. The number of rotatable bonds is 52. The van der Waals surface area contributed by atoms with Crippen LogP contribution in [0, 0.1) is 0 Å². The van der Waals surface area contributed by atoms with Crippen LogP contribution in [0.3, 0.4) is 0 Å². The molecule has 8 nitrogen and oxygen atoms in total. The Balaban J connectivity index is 4.03. The Bertz CT molecular complexity index is 961. The first-order valence-electron chi connectivity index (χ1n) is 27.3. The molecule has 0 aromatic heterocycles. The molecular formula is C53H108NO7P. The molecule has 0 aromatic rings. The van der Waals surface area contributed by atoms with Gasteiger partial charge in [-0.3, -0.25) is 9.36 Å². The minimum absolute atomic E-state index is 0.0318. The maximum Gasteiger partial charge on any atom is 0.306 e. The zero-order chi connectivity index (χ0) is 45.5. The molecule has 0 amide bonds. The van der Waals surface area contributed by atoms with Crippen molar-refractivity contribution < 1.29 is 37.3 Å². The van der Waals surface area contributed by atoms with Crippen LogP contribution in [0.4, 0.5) is 0 Å². The summed E-state index contributed by atoms with van der Waals surface area (Å²) in [5, 5.41) is 0. The summed E-state index contributed by atoms with van der Waals surface area (Å²) >= 11 is 0. The van der Waals surface area contributed by atoms with Gasteiger partial charge in [0.25, 0.3) is 7.82 Å². The fourth-order valence-corrected chi connectivity index (χ4v) is 8.93. The molecule has 0 saturated carbocycles. The van der Waals surface area contributed by atoms with Gasteiger partial charge in [-0.15, -0.1) is 0 Å². The summed E-state index contributed by atoms with van der Waals surface area (Å²) in [6.45, 7) is 5.50. The highest BCUT2D eigenvalue weighted by molar-refractivity contribution is 7.45. The summed E-state index contributed by atoms with van der Waals surface area (Å²) in [6, 6.07) is 0. The molecule has 0 bridgehead atoms. The predicted octanol–water partition coefficient (Wildman–Crippen LogP) is 16.2. The van der Waals surface area contributed by atoms with Gasteiger partial charge in [0.15, 0.2) is 0 Å². The minimum Gasteiger partial charge on any atom is -0.756 e. The molecule has 2 atom stereocenters. The number of phosphoric ester groups is 1. The van der Waals surface area contributed by atoms with Crippen molar-refractivity contribution in [3.05, 3.63) is 0 Å². The van der Waals surface area contributed by atoms with Gasteiger partial charge >= 0.3 is 5.97 Å². The molecule has 0 rings (SSSR count). The molecule has 0 heterocycles.